The van der Waals surface area contributed by atoms with E-state index in [9.17, 15) is 9.59 Å². The van der Waals surface area contributed by atoms with E-state index >= 15 is 0 Å². The highest BCUT2D eigenvalue weighted by Crippen LogP contribution is 2.30. The van der Waals surface area contributed by atoms with Gasteiger partial charge in [-0.15, -0.1) is 11.3 Å². The van der Waals surface area contributed by atoms with E-state index in [1.807, 2.05) is 6.07 Å². The summed E-state index contributed by atoms with van der Waals surface area (Å²) in [6.07, 6.45) is -0.834. The number of para-hydroxylation sites is 2. The number of thiazole rings is 1. The van der Waals surface area contributed by atoms with Crippen molar-refractivity contribution in [2.45, 2.75) is 6.10 Å². The number of hydrogen-bond acceptors (Lipinski definition) is 6. The molecule has 0 unspecified atom stereocenters. The van der Waals surface area contributed by atoms with Crippen LogP contribution in [0.2, 0.25) is 0 Å². The molecule has 1 aliphatic heterocycles. The highest BCUT2D eigenvalue weighted by molar-refractivity contribution is 7.16. The van der Waals surface area contributed by atoms with Crippen LogP contribution in [0.5, 0.6) is 11.5 Å². The molecule has 2 amide bonds. The third-order valence-electron chi connectivity index (χ3n) is 3.69. The van der Waals surface area contributed by atoms with Gasteiger partial charge in [0.25, 0.3) is 11.8 Å². The highest BCUT2D eigenvalue weighted by Gasteiger charge is 2.27. The molecular weight excluding hydrogens is 342 g/mol. The first-order chi connectivity index (χ1) is 12.2. The Hall–Kier alpha value is -3.13. The lowest BCUT2D eigenvalue weighted by Gasteiger charge is -2.25. The number of fused-ring (bicyclic) bond motifs is 2. The molecule has 0 radical (unpaired) electrons. The van der Waals surface area contributed by atoms with Crippen molar-refractivity contribution < 1.29 is 19.1 Å². The number of aromatic nitrogens is 1. The molecule has 7 nitrogen and oxygen atoms in total. The molecule has 0 bridgehead atoms. The minimum Gasteiger partial charge on any atom is -0.485 e. The number of carbonyl (C=O) groups is 2. The maximum Gasteiger partial charge on any atom is 0.283 e. The zero-order chi connectivity index (χ0) is 17.2. The molecule has 1 atom stereocenters. The number of rotatable bonds is 2. The molecule has 3 aromatic rings. The lowest BCUT2D eigenvalue weighted by atomic mass is 10.2. The van der Waals surface area contributed by atoms with Crippen LogP contribution in [0.25, 0.3) is 10.2 Å². The Balaban J connectivity index is 1.37. The summed E-state index contributed by atoms with van der Waals surface area (Å²) in [5.74, 6) is 0.187. The number of carbonyl (C=O) groups excluding carboxylic acids is 2. The number of hydrogen-bond donors (Lipinski definition) is 2. The molecule has 1 aromatic heterocycles. The third kappa shape index (κ3) is 3.11. The molecule has 4 rings (SSSR count). The van der Waals surface area contributed by atoms with Crippen LogP contribution in [-0.4, -0.2) is 29.5 Å². The van der Waals surface area contributed by atoms with Crippen molar-refractivity contribution in [3.05, 3.63) is 53.5 Å². The number of ether oxygens (including phenoxy) is 2. The quantitative estimate of drug-likeness (QED) is 0.685. The maximum absolute atomic E-state index is 12.2. The van der Waals surface area contributed by atoms with Crippen molar-refractivity contribution in [2.75, 3.05) is 6.61 Å². The fourth-order valence-corrected chi connectivity index (χ4v) is 3.13. The predicted molar refractivity (Wildman–Crippen MR) is 91.6 cm³/mol. The van der Waals surface area contributed by atoms with Gasteiger partial charge >= 0.3 is 0 Å². The minimum absolute atomic E-state index is 0.0749. The molecule has 8 heteroatoms. The van der Waals surface area contributed by atoms with Gasteiger partial charge in [0.1, 0.15) is 6.61 Å². The zero-order valence-electron chi connectivity index (χ0n) is 12.9. The molecule has 0 spiro atoms. The molecule has 0 aliphatic carbocycles. The van der Waals surface area contributed by atoms with Gasteiger partial charge < -0.3 is 9.47 Å². The van der Waals surface area contributed by atoms with Gasteiger partial charge in [0, 0.05) is 5.56 Å². The lowest BCUT2D eigenvalue weighted by molar-refractivity contribution is -0.131. The van der Waals surface area contributed by atoms with Gasteiger partial charge in [0.2, 0.25) is 6.10 Å². The standard InChI is InChI=1S/C17H13N3O4S/c21-16(10-5-6-11-15(7-10)25-9-18-11)19-20-17(22)14-8-23-12-3-1-2-4-13(12)24-14/h1-7,9,14H,8H2,(H,19,21)(H,20,22)/t14-/m1/s1. The number of benzene rings is 2. The Morgan fingerprint density at radius 2 is 1.96 bits per heavy atom. The van der Waals surface area contributed by atoms with Gasteiger partial charge in [-0.25, -0.2) is 4.98 Å². The number of nitrogens with zero attached hydrogens (tertiary/aromatic N) is 1. The average molecular weight is 355 g/mol. The Morgan fingerprint density at radius 1 is 1.12 bits per heavy atom. The normalized spacial score (nSPS) is 15.6. The summed E-state index contributed by atoms with van der Waals surface area (Å²) in [6.45, 7) is 0.0749. The van der Waals surface area contributed by atoms with Crippen LogP contribution in [0.3, 0.4) is 0 Å². The second-order valence-electron chi connectivity index (χ2n) is 5.34. The van der Waals surface area contributed by atoms with E-state index in [-0.39, 0.29) is 6.61 Å². The minimum atomic E-state index is -0.834. The SMILES string of the molecule is O=C(NNC(=O)[C@H]1COc2ccccc2O1)c1ccc2ncsc2c1. The van der Waals surface area contributed by atoms with E-state index < -0.39 is 17.9 Å². The van der Waals surface area contributed by atoms with Crippen LogP contribution in [0.1, 0.15) is 10.4 Å². The third-order valence-corrected chi connectivity index (χ3v) is 4.49. The first-order valence-corrected chi connectivity index (χ1v) is 8.40. The Labute approximate surface area is 146 Å². The molecule has 25 heavy (non-hydrogen) atoms. The van der Waals surface area contributed by atoms with Crippen LogP contribution in [0.4, 0.5) is 0 Å². The fraction of sp³-hybridized carbons (Fsp3) is 0.118. The summed E-state index contributed by atoms with van der Waals surface area (Å²) in [5, 5.41) is 0. The second-order valence-corrected chi connectivity index (χ2v) is 6.23. The van der Waals surface area contributed by atoms with Crippen molar-refractivity contribution >= 4 is 33.4 Å². The summed E-state index contributed by atoms with van der Waals surface area (Å²) in [4.78, 5) is 28.5. The first kappa shape index (κ1) is 15.4. The summed E-state index contributed by atoms with van der Waals surface area (Å²) < 4.78 is 12.0. The van der Waals surface area contributed by atoms with Gasteiger partial charge in [-0.2, -0.15) is 0 Å². The van der Waals surface area contributed by atoms with E-state index in [1.165, 1.54) is 11.3 Å². The summed E-state index contributed by atoms with van der Waals surface area (Å²) in [7, 11) is 0. The smallest absolute Gasteiger partial charge is 0.283 e. The summed E-state index contributed by atoms with van der Waals surface area (Å²) in [5.41, 5.74) is 7.73. The van der Waals surface area contributed by atoms with Gasteiger partial charge in [-0.1, -0.05) is 12.1 Å². The Kier molecular flexibility index (Phi) is 3.95. The largest absolute Gasteiger partial charge is 0.485 e. The lowest BCUT2D eigenvalue weighted by Crippen LogP contribution is -2.50. The molecule has 2 N–H and O–H groups in total. The van der Waals surface area contributed by atoms with Crippen LogP contribution in [0, 0.1) is 0 Å². The topological polar surface area (TPSA) is 89.6 Å². The van der Waals surface area contributed by atoms with Crippen LogP contribution >= 0.6 is 11.3 Å². The van der Waals surface area contributed by atoms with Crippen molar-refractivity contribution in [1.82, 2.24) is 15.8 Å². The molecule has 2 heterocycles. The zero-order valence-corrected chi connectivity index (χ0v) is 13.7. The van der Waals surface area contributed by atoms with Crippen LogP contribution in [0.15, 0.2) is 48.0 Å². The monoisotopic (exact) mass is 355 g/mol. The molecule has 1 aliphatic rings. The number of nitrogens with one attached hydrogen (secondary N) is 2. The maximum atomic E-state index is 12.2. The van der Waals surface area contributed by atoms with Crippen molar-refractivity contribution in [1.29, 1.82) is 0 Å². The van der Waals surface area contributed by atoms with E-state index in [2.05, 4.69) is 15.8 Å². The summed E-state index contributed by atoms with van der Waals surface area (Å²) >= 11 is 1.44. The molecule has 126 valence electrons. The molecule has 0 saturated carbocycles. The predicted octanol–water partition coefficient (Wildman–Crippen LogP) is 1.90. The first-order valence-electron chi connectivity index (χ1n) is 7.52. The van der Waals surface area contributed by atoms with Crippen LogP contribution in [-0.2, 0) is 4.79 Å². The number of hydrazine groups is 1. The van der Waals surface area contributed by atoms with Crippen LogP contribution < -0.4 is 20.3 Å². The Bertz CT molecular complexity index is 956. The molecular formula is C17H13N3O4S. The fourth-order valence-electron chi connectivity index (χ4n) is 2.42. The van der Waals surface area contributed by atoms with Gasteiger partial charge in [-0.05, 0) is 30.3 Å². The van der Waals surface area contributed by atoms with E-state index in [0.29, 0.717) is 17.1 Å². The average Bonchev–Trinajstić information content (AvgIpc) is 3.13. The van der Waals surface area contributed by atoms with Gasteiger partial charge in [-0.3, -0.25) is 20.4 Å². The number of amides is 2. The van der Waals surface area contributed by atoms with E-state index in [4.69, 9.17) is 9.47 Å². The molecule has 0 fully saturated rings. The summed E-state index contributed by atoms with van der Waals surface area (Å²) in [6, 6.07) is 12.2. The van der Waals surface area contributed by atoms with Gasteiger partial charge in [0.15, 0.2) is 11.5 Å². The Morgan fingerprint density at radius 3 is 2.84 bits per heavy atom. The second kappa shape index (κ2) is 6.40. The van der Waals surface area contributed by atoms with Crippen molar-refractivity contribution in [3.8, 4) is 11.5 Å². The van der Waals surface area contributed by atoms with E-state index in [1.54, 1.807) is 41.9 Å². The highest BCUT2D eigenvalue weighted by atomic mass is 32.1. The van der Waals surface area contributed by atoms with E-state index in [0.717, 1.165) is 10.2 Å². The van der Waals surface area contributed by atoms with Crippen molar-refractivity contribution in [2.24, 2.45) is 0 Å². The molecule has 0 saturated heterocycles. The van der Waals surface area contributed by atoms with Crippen molar-refractivity contribution in [3.63, 3.8) is 0 Å². The molecule has 2 aromatic carbocycles. The van der Waals surface area contributed by atoms with Gasteiger partial charge in [0.05, 0.1) is 15.7 Å².